The van der Waals surface area contributed by atoms with Gasteiger partial charge in [0, 0.05) is 56.1 Å². The Balaban J connectivity index is 1.22. The van der Waals surface area contributed by atoms with Crippen molar-refractivity contribution in [2.24, 2.45) is 0 Å². The molecule has 3 aromatic rings. The number of rotatable bonds is 7. The molecule has 0 unspecified atom stereocenters. The lowest BCUT2D eigenvalue weighted by molar-refractivity contribution is -0.121. The highest BCUT2D eigenvalue weighted by atomic mass is 16.5. The lowest BCUT2D eigenvalue weighted by Crippen LogP contribution is -2.37. The van der Waals surface area contributed by atoms with E-state index in [4.69, 9.17) is 4.52 Å². The van der Waals surface area contributed by atoms with Gasteiger partial charge in [0.25, 0.3) is 0 Å². The van der Waals surface area contributed by atoms with E-state index in [2.05, 4.69) is 49.6 Å². The van der Waals surface area contributed by atoms with Crippen LogP contribution >= 0.6 is 0 Å². The first-order valence-electron chi connectivity index (χ1n) is 9.62. The lowest BCUT2D eigenvalue weighted by Gasteiger charge is -2.31. The van der Waals surface area contributed by atoms with Gasteiger partial charge in [-0.25, -0.2) is 0 Å². The summed E-state index contributed by atoms with van der Waals surface area (Å²) in [6, 6.07) is 12.2. The van der Waals surface area contributed by atoms with Crippen LogP contribution in [-0.4, -0.2) is 40.7 Å². The number of para-hydroxylation sites is 1. The Kier molecular flexibility index (Phi) is 5.61. The Morgan fingerprint density at radius 2 is 2.14 bits per heavy atom. The molecule has 1 aliphatic rings. The first kappa shape index (κ1) is 18.2. The number of carbonyl (C=O) groups is 1. The number of carbonyl (C=O) groups excluding carboxylic acids is 1. The van der Waals surface area contributed by atoms with Crippen LogP contribution in [0.5, 0.6) is 0 Å². The van der Waals surface area contributed by atoms with E-state index in [9.17, 15) is 4.79 Å². The Morgan fingerprint density at radius 3 is 3.04 bits per heavy atom. The molecule has 0 saturated heterocycles. The predicted molar refractivity (Wildman–Crippen MR) is 106 cm³/mol. The number of benzene rings is 1. The molecular formula is C21H23N5O2. The number of anilines is 1. The molecule has 0 radical (unpaired) electrons. The van der Waals surface area contributed by atoms with E-state index in [1.807, 2.05) is 12.1 Å². The van der Waals surface area contributed by atoms with Gasteiger partial charge >= 0.3 is 0 Å². The number of nitrogens with zero attached hydrogens (tertiary/aromatic N) is 4. The van der Waals surface area contributed by atoms with Gasteiger partial charge in [0.05, 0.1) is 0 Å². The highest BCUT2D eigenvalue weighted by Gasteiger charge is 2.16. The van der Waals surface area contributed by atoms with Gasteiger partial charge in [-0.3, -0.25) is 9.78 Å². The molecule has 0 spiro atoms. The zero-order valence-corrected chi connectivity index (χ0v) is 15.7. The van der Waals surface area contributed by atoms with Crippen molar-refractivity contribution in [2.45, 2.75) is 25.7 Å². The van der Waals surface area contributed by atoms with E-state index < -0.39 is 0 Å². The summed E-state index contributed by atoms with van der Waals surface area (Å²) >= 11 is 0. The van der Waals surface area contributed by atoms with E-state index in [0.29, 0.717) is 31.1 Å². The van der Waals surface area contributed by atoms with Crippen LogP contribution < -0.4 is 10.2 Å². The fraction of sp³-hybridized carbons (Fsp3) is 0.333. The third kappa shape index (κ3) is 4.36. The summed E-state index contributed by atoms with van der Waals surface area (Å²) in [5.74, 6) is 0.942. The van der Waals surface area contributed by atoms with E-state index in [1.165, 1.54) is 11.3 Å². The van der Waals surface area contributed by atoms with Crippen LogP contribution in [0.15, 0.2) is 53.3 Å². The van der Waals surface area contributed by atoms with E-state index in [1.54, 1.807) is 12.4 Å². The normalized spacial score (nSPS) is 13.2. The standard InChI is InChI=1S/C21H23N5O2/c27-19(9-10-20-24-21(25-28-20)17-6-3-11-22-15-17)23-12-14-26-13-4-7-16-5-1-2-8-18(16)26/h1-3,5-6,8,11,15H,4,7,9-10,12-14H2,(H,23,27). The van der Waals surface area contributed by atoms with Crippen molar-refractivity contribution in [3.8, 4) is 11.4 Å². The maximum absolute atomic E-state index is 12.2. The Hall–Kier alpha value is -3.22. The molecule has 4 rings (SSSR count). The number of amides is 1. The Bertz CT molecular complexity index is 925. The van der Waals surface area contributed by atoms with Crippen molar-refractivity contribution in [3.63, 3.8) is 0 Å². The fourth-order valence-corrected chi connectivity index (χ4v) is 3.45. The summed E-state index contributed by atoms with van der Waals surface area (Å²) in [4.78, 5) is 22.9. The van der Waals surface area contributed by atoms with Crippen LogP contribution in [0, 0.1) is 0 Å². The largest absolute Gasteiger partial charge is 0.370 e. The van der Waals surface area contributed by atoms with Crippen LogP contribution in [0.3, 0.4) is 0 Å². The van der Waals surface area contributed by atoms with Crippen LogP contribution in [0.1, 0.15) is 24.3 Å². The monoisotopic (exact) mass is 377 g/mol. The predicted octanol–water partition coefficient (Wildman–Crippen LogP) is 2.63. The fourth-order valence-electron chi connectivity index (χ4n) is 3.45. The SMILES string of the molecule is O=C(CCc1nc(-c2cccnc2)no1)NCCN1CCCc2ccccc21. The summed E-state index contributed by atoms with van der Waals surface area (Å²) in [6.07, 6.45) is 6.40. The molecule has 1 aliphatic heterocycles. The van der Waals surface area contributed by atoms with Crippen LogP contribution in [0.25, 0.3) is 11.4 Å². The average molecular weight is 377 g/mol. The molecule has 28 heavy (non-hydrogen) atoms. The van der Waals surface area contributed by atoms with Gasteiger partial charge < -0.3 is 14.7 Å². The van der Waals surface area contributed by atoms with Crippen molar-refractivity contribution >= 4 is 11.6 Å². The molecule has 1 N–H and O–H groups in total. The smallest absolute Gasteiger partial charge is 0.227 e. The topological polar surface area (TPSA) is 84.1 Å². The van der Waals surface area contributed by atoms with Gasteiger partial charge in [0.2, 0.25) is 17.6 Å². The Labute approximate surface area is 163 Å². The summed E-state index contributed by atoms with van der Waals surface area (Å²) in [6.45, 7) is 2.47. The summed E-state index contributed by atoms with van der Waals surface area (Å²) in [7, 11) is 0. The first-order valence-corrected chi connectivity index (χ1v) is 9.62. The maximum atomic E-state index is 12.2. The summed E-state index contributed by atoms with van der Waals surface area (Å²) in [5.41, 5.74) is 3.47. The molecule has 1 aromatic carbocycles. The third-order valence-electron chi connectivity index (χ3n) is 4.86. The molecule has 3 heterocycles. The van der Waals surface area contributed by atoms with E-state index in [-0.39, 0.29) is 5.91 Å². The molecule has 0 atom stereocenters. The van der Waals surface area contributed by atoms with E-state index in [0.717, 1.165) is 31.5 Å². The van der Waals surface area contributed by atoms with Crippen LogP contribution in [-0.2, 0) is 17.6 Å². The minimum atomic E-state index is -0.00794. The van der Waals surface area contributed by atoms with Gasteiger partial charge in [-0.2, -0.15) is 4.98 Å². The van der Waals surface area contributed by atoms with Gasteiger partial charge in [0.1, 0.15) is 0 Å². The molecule has 2 aromatic heterocycles. The number of pyridine rings is 1. The second-order valence-electron chi connectivity index (χ2n) is 6.82. The van der Waals surface area contributed by atoms with E-state index >= 15 is 0 Å². The molecular weight excluding hydrogens is 354 g/mol. The van der Waals surface area contributed by atoms with Crippen molar-refractivity contribution in [1.82, 2.24) is 20.4 Å². The zero-order valence-electron chi connectivity index (χ0n) is 15.7. The number of nitrogens with one attached hydrogen (secondary N) is 1. The molecule has 0 aliphatic carbocycles. The van der Waals surface area contributed by atoms with Crippen molar-refractivity contribution in [2.75, 3.05) is 24.5 Å². The molecule has 7 nitrogen and oxygen atoms in total. The first-order chi connectivity index (χ1) is 13.8. The third-order valence-corrected chi connectivity index (χ3v) is 4.86. The van der Waals surface area contributed by atoms with Crippen molar-refractivity contribution in [3.05, 3.63) is 60.2 Å². The van der Waals surface area contributed by atoms with Gasteiger partial charge in [-0.1, -0.05) is 23.4 Å². The molecule has 144 valence electrons. The summed E-state index contributed by atoms with van der Waals surface area (Å²) < 4.78 is 5.23. The second-order valence-corrected chi connectivity index (χ2v) is 6.82. The molecule has 0 saturated carbocycles. The van der Waals surface area contributed by atoms with Crippen molar-refractivity contribution < 1.29 is 9.32 Å². The number of hydrogen-bond donors (Lipinski definition) is 1. The minimum absolute atomic E-state index is 0.00794. The van der Waals surface area contributed by atoms with Crippen LogP contribution in [0.4, 0.5) is 5.69 Å². The highest BCUT2D eigenvalue weighted by molar-refractivity contribution is 5.76. The van der Waals surface area contributed by atoms with Gasteiger partial charge in [0.15, 0.2) is 0 Å². The summed E-state index contributed by atoms with van der Waals surface area (Å²) in [5, 5.41) is 6.93. The quantitative estimate of drug-likeness (QED) is 0.681. The average Bonchev–Trinajstić information content (AvgIpc) is 3.22. The number of aryl methyl sites for hydroxylation is 2. The number of hydrogen-bond acceptors (Lipinski definition) is 6. The highest BCUT2D eigenvalue weighted by Crippen LogP contribution is 2.26. The maximum Gasteiger partial charge on any atom is 0.227 e. The molecule has 0 bridgehead atoms. The lowest BCUT2D eigenvalue weighted by atomic mass is 10.0. The second kappa shape index (κ2) is 8.65. The molecule has 7 heteroatoms. The van der Waals surface area contributed by atoms with Crippen molar-refractivity contribution in [1.29, 1.82) is 0 Å². The number of fused-ring (bicyclic) bond motifs is 1. The van der Waals surface area contributed by atoms with Gasteiger partial charge in [-0.15, -0.1) is 0 Å². The number of aromatic nitrogens is 3. The zero-order chi connectivity index (χ0) is 19.2. The minimum Gasteiger partial charge on any atom is -0.370 e. The Morgan fingerprint density at radius 1 is 1.21 bits per heavy atom. The molecule has 0 fully saturated rings. The van der Waals surface area contributed by atoms with Gasteiger partial charge in [-0.05, 0) is 36.6 Å². The molecule has 1 amide bonds. The van der Waals surface area contributed by atoms with Crippen LogP contribution in [0.2, 0.25) is 0 Å².